The van der Waals surface area contributed by atoms with Crippen molar-refractivity contribution in [3.05, 3.63) is 120 Å². The van der Waals surface area contributed by atoms with Gasteiger partial charge in [0.2, 0.25) is 0 Å². The van der Waals surface area contributed by atoms with Gasteiger partial charge in [-0.1, -0.05) is 88.7 Å². The second-order valence-electron chi connectivity index (χ2n) is 8.05. The molecule has 0 spiro atoms. The van der Waals surface area contributed by atoms with Gasteiger partial charge in [0.25, 0.3) is 0 Å². The van der Waals surface area contributed by atoms with Crippen molar-refractivity contribution in [2.24, 2.45) is 0 Å². The zero-order valence-electron chi connectivity index (χ0n) is 17.8. The van der Waals surface area contributed by atoms with Gasteiger partial charge in [0, 0.05) is 32.7 Å². The number of furan rings is 1. The van der Waals surface area contributed by atoms with Gasteiger partial charge in [0.1, 0.15) is 11.2 Å². The number of para-hydroxylation sites is 2. The molecule has 6 aromatic rings. The van der Waals surface area contributed by atoms with E-state index in [4.69, 9.17) is 4.42 Å². The molecule has 0 fully saturated rings. The van der Waals surface area contributed by atoms with Crippen LogP contribution in [0.1, 0.15) is 0 Å². The highest BCUT2D eigenvalue weighted by Crippen LogP contribution is 2.40. The fourth-order valence-electron chi connectivity index (χ4n) is 4.39. The number of benzene rings is 5. The quantitative estimate of drug-likeness (QED) is 0.266. The van der Waals surface area contributed by atoms with Crippen molar-refractivity contribution < 1.29 is 4.42 Å². The minimum absolute atomic E-state index is 0.874. The molecule has 0 unspecified atom stereocenters. The summed E-state index contributed by atoms with van der Waals surface area (Å²) in [6.45, 7) is 0. The third-order valence-corrected chi connectivity index (χ3v) is 6.59. The molecule has 0 aliphatic heterocycles. The first-order valence-corrected chi connectivity index (χ1v) is 11.7. The summed E-state index contributed by atoms with van der Waals surface area (Å²) in [6, 6.07) is 39.8. The first-order valence-electron chi connectivity index (χ1n) is 10.9. The highest BCUT2D eigenvalue weighted by molar-refractivity contribution is 9.10. The maximum Gasteiger partial charge on any atom is 0.138 e. The monoisotopic (exact) mass is 489 g/mol. The third-order valence-electron chi connectivity index (χ3n) is 5.90. The molecule has 5 aromatic carbocycles. The van der Waals surface area contributed by atoms with Crippen molar-refractivity contribution in [3.8, 4) is 22.3 Å². The van der Waals surface area contributed by atoms with Gasteiger partial charge in [-0.05, 0) is 58.7 Å². The van der Waals surface area contributed by atoms with E-state index >= 15 is 0 Å². The van der Waals surface area contributed by atoms with Crippen LogP contribution < -0.4 is 5.32 Å². The van der Waals surface area contributed by atoms with Gasteiger partial charge in [-0.15, -0.1) is 0 Å². The second kappa shape index (κ2) is 8.27. The van der Waals surface area contributed by atoms with Crippen LogP contribution in [0.15, 0.2) is 124 Å². The topological polar surface area (TPSA) is 25.2 Å². The Morgan fingerprint density at radius 1 is 0.545 bits per heavy atom. The third kappa shape index (κ3) is 3.71. The largest absolute Gasteiger partial charge is 0.456 e. The van der Waals surface area contributed by atoms with E-state index in [0.717, 1.165) is 48.9 Å². The van der Waals surface area contributed by atoms with Crippen LogP contribution in [0.2, 0.25) is 0 Å². The molecule has 6 rings (SSSR count). The van der Waals surface area contributed by atoms with Crippen LogP contribution in [-0.2, 0) is 0 Å². The predicted molar refractivity (Wildman–Crippen MR) is 142 cm³/mol. The highest BCUT2D eigenvalue weighted by Gasteiger charge is 2.15. The summed E-state index contributed by atoms with van der Waals surface area (Å²) in [5.41, 5.74) is 8.44. The average molecular weight is 490 g/mol. The smallest absolute Gasteiger partial charge is 0.138 e. The molecule has 0 amide bonds. The van der Waals surface area contributed by atoms with Crippen molar-refractivity contribution in [2.75, 3.05) is 5.32 Å². The number of anilines is 2. The molecule has 0 saturated heterocycles. The summed E-state index contributed by atoms with van der Waals surface area (Å²) in [6.07, 6.45) is 0. The zero-order valence-corrected chi connectivity index (χ0v) is 19.3. The fourth-order valence-corrected chi connectivity index (χ4v) is 4.91. The minimum atomic E-state index is 0.874. The maximum absolute atomic E-state index is 6.28. The molecule has 0 bridgehead atoms. The van der Waals surface area contributed by atoms with E-state index in [9.17, 15) is 0 Å². The van der Waals surface area contributed by atoms with E-state index in [1.807, 2.05) is 36.4 Å². The highest BCUT2D eigenvalue weighted by atomic mass is 79.9. The van der Waals surface area contributed by atoms with Crippen molar-refractivity contribution in [1.29, 1.82) is 0 Å². The number of hydrogen-bond acceptors (Lipinski definition) is 2. The number of halogens is 1. The van der Waals surface area contributed by atoms with Gasteiger partial charge in [0.15, 0.2) is 0 Å². The lowest BCUT2D eigenvalue weighted by Gasteiger charge is -2.12. The van der Waals surface area contributed by atoms with Crippen LogP contribution in [-0.4, -0.2) is 0 Å². The molecule has 0 radical (unpaired) electrons. The molecular weight excluding hydrogens is 470 g/mol. The molecule has 1 aromatic heterocycles. The summed E-state index contributed by atoms with van der Waals surface area (Å²) in [5, 5.41) is 5.80. The number of hydrogen-bond donors (Lipinski definition) is 1. The molecule has 33 heavy (non-hydrogen) atoms. The fraction of sp³-hybridized carbons (Fsp3) is 0. The molecule has 1 heterocycles. The Labute approximate surface area is 200 Å². The van der Waals surface area contributed by atoms with Crippen molar-refractivity contribution in [1.82, 2.24) is 0 Å². The Bertz CT molecular complexity index is 1600. The van der Waals surface area contributed by atoms with E-state index < -0.39 is 0 Å². The van der Waals surface area contributed by atoms with Crippen LogP contribution >= 0.6 is 15.9 Å². The van der Waals surface area contributed by atoms with Gasteiger partial charge >= 0.3 is 0 Å². The minimum Gasteiger partial charge on any atom is -0.456 e. The first kappa shape index (κ1) is 19.8. The van der Waals surface area contributed by atoms with Crippen molar-refractivity contribution in [3.63, 3.8) is 0 Å². The Balaban J connectivity index is 1.58. The Morgan fingerprint density at radius 2 is 1.27 bits per heavy atom. The van der Waals surface area contributed by atoms with E-state index in [1.54, 1.807) is 0 Å². The Morgan fingerprint density at radius 3 is 2.12 bits per heavy atom. The number of fused-ring (bicyclic) bond motifs is 3. The van der Waals surface area contributed by atoms with Crippen LogP contribution in [0.5, 0.6) is 0 Å². The molecule has 0 saturated carbocycles. The molecule has 0 aliphatic rings. The standard InChI is InChI=1S/C30H20BrNO/c31-27-15-6-4-13-24(27)20-9-8-10-21(17-20)26-18-23(32-22-11-2-1-3-12-22)19-29-30(26)25-14-5-7-16-28(25)33-29/h1-19,32H. The van der Waals surface area contributed by atoms with Gasteiger partial charge in [-0.3, -0.25) is 0 Å². The number of rotatable bonds is 4. The van der Waals surface area contributed by atoms with Gasteiger partial charge in [0.05, 0.1) is 0 Å². The number of nitrogens with one attached hydrogen (secondary N) is 1. The Hall–Kier alpha value is -3.82. The molecule has 0 atom stereocenters. The van der Waals surface area contributed by atoms with E-state index in [1.165, 1.54) is 11.1 Å². The van der Waals surface area contributed by atoms with Crippen molar-refractivity contribution in [2.45, 2.75) is 0 Å². The summed E-state index contributed by atoms with van der Waals surface area (Å²) in [5.74, 6) is 0. The second-order valence-corrected chi connectivity index (χ2v) is 8.90. The van der Waals surface area contributed by atoms with Crippen LogP contribution in [0, 0.1) is 0 Å². The van der Waals surface area contributed by atoms with Gasteiger partial charge in [-0.2, -0.15) is 0 Å². The van der Waals surface area contributed by atoms with Crippen LogP contribution in [0.4, 0.5) is 11.4 Å². The van der Waals surface area contributed by atoms with E-state index in [0.29, 0.717) is 0 Å². The predicted octanol–water partition coefficient (Wildman–Crippen LogP) is 9.43. The Kier molecular flexibility index (Phi) is 4.97. The maximum atomic E-state index is 6.28. The molecule has 0 aliphatic carbocycles. The van der Waals surface area contributed by atoms with E-state index in [2.05, 4.69) is 100 Å². The average Bonchev–Trinajstić information content (AvgIpc) is 3.23. The lowest BCUT2D eigenvalue weighted by atomic mass is 9.95. The molecule has 158 valence electrons. The van der Waals surface area contributed by atoms with Gasteiger partial charge < -0.3 is 9.73 Å². The zero-order chi connectivity index (χ0) is 22.2. The summed E-state index contributed by atoms with van der Waals surface area (Å²) < 4.78 is 7.36. The molecule has 1 N–H and O–H groups in total. The molecule has 3 heteroatoms. The SMILES string of the molecule is Brc1ccccc1-c1cccc(-c2cc(Nc3ccccc3)cc3oc4ccccc4c23)c1. The van der Waals surface area contributed by atoms with Crippen molar-refractivity contribution >= 4 is 49.2 Å². The molecular formula is C30H20BrNO. The summed E-state index contributed by atoms with van der Waals surface area (Å²) in [7, 11) is 0. The lowest BCUT2D eigenvalue weighted by molar-refractivity contribution is 0.669. The van der Waals surface area contributed by atoms with Gasteiger partial charge in [-0.25, -0.2) is 0 Å². The summed E-state index contributed by atoms with van der Waals surface area (Å²) in [4.78, 5) is 0. The molecule has 2 nitrogen and oxygen atoms in total. The van der Waals surface area contributed by atoms with Crippen LogP contribution in [0.25, 0.3) is 44.2 Å². The van der Waals surface area contributed by atoms with Crippen LogP contribution in [0.3, 0.4) is 0 Å². The van der Waals surface area contributed by atoms with E-state index in [-0.39, 0.29) is 0 Å². The normalized spacial score (nSPS) is 11.2. The first-order chi connectivity index (χ1) is 16.3. The summed E-state index contributed by atoms with van der Waals surface area (Å²) >= 11 is 3.70. The lowest BCUT2D eigenvalue weighted by Crippen LogP contribution is -1.91.